The van der Waals surface area contributed by atoms with Crippen molar-refractivity contribution in [3.8, 4) is 0 Å². The molecule has 3 rings (SSSR count). The van der Waals surface area contributed by atoms with Crippen molar-refractivity contribution in [1.82, 2.24) is 0 Å². The lowest BCUT2D eigenvalue weighted by atomic mass is 9.68. The van der Waals surface area contributed by atoms with Crippen LogP contribution in [0, 0.1) is 23.7 Å². The van der Waals surface area contributed by atoms with Gasteiger partial charge in [-0.05, 0) is 92.6 Å². The summed E-state index contributed by atoms with van der Waals surface area (Å²) in [5, 5.41) is 0. The monoisotopic (exact) mass is 396 g/mol. The SMILES string of the molecule is C=C[C@H]1CC[C@H]([C@H]2CC[C@H](CCCCc3ccc(C(CC)OC)cc3)CC2)CC1. The second-order valence-corrected chi connectivity index (χ2v) is 9.81. The summed E-state index contributed by atoms with van der Waals surface area (Å²) in [5.41, 5.74) is 2.80. The molecular formula is C28H44O. The van der Waals surface area contributed by atoms with E-state index in [4.69, 9.17) is 4.74 Å². The van der Waals surface area contributed by atoms with E-state index >= 15 is 0 Å². The minimum atomic E-state index is 0.246. The topological polar surface area (TPSA) is 9.23 Å². The summed E-state index contributed by atoms with van der Waals surface area (Å²) in [7, 11) is 1.81. The van der Waals surface area contributed by atoms with Gasteiger partial charge in [0.2, 0.25) is 0 Å². The Hall–Kier alpha value is -1.08. The first kappa shape index (κ1) is 22.6. The first-order valence-electron chi connectivity index (χ1n) is 12.5. The maximum Gasteiger partial charge on any atom is 0.0818 e. The average Bonchev–Trinajstić information content (AvgIpc) is 2.79. The summed E-state index contributed by atoms with van der Waals surface area (Å²) < 4.78 is 5.54. The van der Waals surface area contributed by atoms with Gasteiger partial charge in [0.15, 0.2) is 0 Å². The maximum atomic E-state index is 5.54. The fourth-order valence-corrected chi connectivity index (χ4v) is 6.00. The number of benzene rings is 1. The Balaban J connectivity index is 1.29. The lowest BCUT2D eigenvalue weighted by Gasteiger charge is -2.37. The molecule has 0 saturated heterocycles. The van der Waals surface area contributed by atoms with Crippen LogP contribution >= 0.6 is 0 Å². The molecule has 0 radical (unpaired) electrons. The minimum absolute atomic E-state index is 0.246. The van der Waals surface area contributed by atoms with Crippen molar-refractivity contribution in [2.45, 2.75) is 96.5 Å². The normalized spacial score (nSPS) is 28.8. The van der Waals surface area contributed by atoms with E-state index in [1.54, 1.807) is 0 Å². The number of methoxy groups -OCH3 is 1. The zero-order valence-corrected chi connectivity index (χ0v) is 19.1. The summed E-state index contributed by atoms with van der Waals surface area (Å²) in [6.07, 6.45) is 20.6. The molecular weight excluding hydrogens is 352 g/mol. The summed E-state index contributed by atoms with van der Waals surface area (Å²) in [6.45, 7) is 6.18. The molecule has 0 spiro atoms. The first-order valence-corrected chi connectivity index (χ1v) is 12.5. The Kier molecular flexibility index (Phi) is 9.31. The van der Waals surface area contributed by atoms with Crippen molar-refractivity contribution in [1.29, 1.82) is 0 Å². The molecule has 1 aromatic rings. The summed E-state index contributed by atoms with van der Waals surface area (Å²) in [5.74, 6) is 3.88. The van der Waals surface area contributed by atoms with Crippen LogP contribution in [0.1, 0.15) is 101 Å². The average molecular weight is 397 g/mol. The quantitative estimate of drug-likeness (QED) is 0.285. The van der Waals surface area contributed by atoms with Crippen molar-refractivity contribution in [2.24, 2.45) is 23.7 Å². The van der Waals surface area contributed by atoms with Gasteiger partial charge in [-0.25, -0.2) is 0 Å². The van der Waals surface area contributed by atoms with Crippen LogP contribution in [0.5, 0.6) is 0 Å². The van der Waals surface area contributed by atoms with Crippen molar-refractivity contribution in [3.05, 3.63) is 48.0 Å². The molecule has 1 unspecified atom stereocenters. The molecule has 0 N–H and O–H groups in total. The molecule has 2 fully saturated rings. The standard InChI is InChI=1S/C28H44O/c1-4-22-10-16-25(17-11-22)26-18-12-23(13-19-26)8-6-7-9-24-14-20-27(21-15-24)28(5-2)29-3/h4,14-15,20-23,25-26,28H,1,5-13,16-19H2,2-3H3/t22-,23-,25-,26-,28?. The third kappa shape index (κ3) is 6.71. The van der Waals surface area contributed by atoms with Crippen LogP contribution in [0.2, 0.25) is 0 Å². The molecule has 2 aliphatic carbocycles. The van der Waals surface area contributed by atoms with E-state index < -0.39 is 0 Å². The largest absolute Gasteiger partial charge is 0.377 e. The molecule has 1 nitrogen and oxygen atoms in total. The van der Waals surface area contributed by atoms with Crippen molar-refractivity contribution >= 4 is 0 Å². The van der Waals surface area contributed by atoms with Gasteiger partial charge in [0.25, 0.3) is 0 Å². The predicted octanol–water partition coefficient (Wildman–Crippen LogP) is 8.30. The molecule has 0 aromatic heterocycles. The highest BCUT2D eigenvalue weighted by atomic mass is 16.5. The molecule has 2 saturated carbocycles. The van der Waals surface area contributed by atoms with Crippen LogP contribution in [0.25, 0.3) is 0 Å². The van der Waals surface area contributed by atoms with E-state index in [1.165, 1.54) is 88.2 Å². The predicted molar refractivity (Wildman–Crippen MR) is 125 cm³/mol. The molecule has 29 heavy (non-hydrogen) atoms. The van der Waals surface area contributed by atoms with Gasteiger partial charge in [0, 0.05) is 7.11 Å². The Labute approximate surface area is 180 Å². The first-order chi connectivity index (χ1) is 14.2. The molecule has 0 amide bonds. The number of ether oxygens (including phenoxy) is 1. The molecule has 1 heteroatoms. The summed E-state index contributed by atoms with van der Waals surface area (Å²) in [4.78, 5) is 0. The molecule has 1 aromatic carbocycles. The lowest BCUT2D eigenvalue weighted by molar-refractivity contribution is 0.100. The third-order valence-electron chi connectivity index (χ3n) is 8.04. The van der Waals surface area contributed by atoms with E-state index in [0.29, 0.717) is 0 Å². The van der Waals surface area contributed by atoms with E-state index in [9.17, 15) is 0 Å². The van der Waals surface area contributed by atoms with E-state index in [1.807, 2.05) is 7.11 Å². The molecule has 2 aliphatic rings. The Morgan fingerprint density at radius 2 is 1.55 bits per heavy atom. The van der Waals surface area contributed by atoms with Gasteiger partial charge in [0.1, 0.15) is 0 Å². The number of hydrogen-bond donors (Lipinski definition) is 0. The van der Waals surface area contributed by atoms with Gasteiger partial charge < -0.3 is 4.74 Å². The smallest absolute Gasteiger partial charge is 0.0818 e. The third-order valence-corrected chi connectivity index (χ3v) is 8.04. The van der Waals surface area contributed by atoms with Gasteiger partial charge >= 0.3 is 0 Å². The van der Waals surface area contributed by atoms with Crippen molar-refractivity contribution in [2.75, 3.05) is 7.11 Å². The highest BCUT2D eigenvalue weighted by Gasteiger charge is 2.30. The number of allylic oxidation sites excluding steroid dienone is 1. The fourth-order valence-electron chi connectivity index (χ4n) is 6.00. The molecule has 0 heterocycles. The van der Waals surface area contributed by atoms with Gasteiger partial charge in [-0.15, -0.1) is 6.58 Å². The minimum Gasteiger partial charge on any atom is -0.377 e. The molecule has 162 valence electrons. The highest BCUT2D eigenvalue weighted by molar-refractivity contribution is 5.24. The molecule has 0 aliphatic heterocycles. The fraction of sp³-hybridized carbons (Fsp3) is 0.714. The number of aryl methyl sites for hydroxylation is 1. The Bertz CT molecular complexity index is 569. The second-order valence-electron chi connectivity index (χ2n) is 9.81. The van der Waals surface area contributed by atoms with Gasteiger partial charge in [-0.1, -0.05) is 62.9 Å². The van der Waals surface area contributed by atoms with Crippen LogP contribution in [0.15, 0.2) is 36.9 Å². The molecule has 1 atom stereocenters. The van der Waals surface area contributed by atoms with Crippen LogP contribution in [-0.2, 0) is 11.2 Å². The maximum absolute atomic E-state index is 5.54. The lowest BCUT2D eigenvalue weighted by Crippen LogP contribution is -2.25. The van der Waals surface area contributed by atoms with Crippen LogP contribution in [0.3, 0.4) is 0 Å². The number of hydrogen-bond acceptors (Lipinski definition) is 1. The number of rotatable bonds is 10. The summed E-state index contributed by atoms with van der Waals surface area (Å²) in [6, 6.07) is 9.14. The summed E-state index contributed by atoms with van der Waals surface area (Å²) >= 11 is 0. The van der Waals surface area contributed by atoms with E-state index in [-0.39, 0.29) is 6.10 Å². The number of unbranched alkanes of at least 4 members (excludes halogenated alkanes) is 1. The van der Waals surface area contributed by atoms with Crippen molar-refractivity contribution in [3.63, 3.8) is 0 Å². The Morgan fingerprint density at radius 1 is 0.931 bits per heavy atom. The van der Waals surface area contributed by atoms with Gasteiger partial charge in [-0.3, -0.25) is 0 Å². The second kappa shape index (κ2) is 11.9. The van der Waals surface area contributed by atoms with Crippen LogP contribution in [0.4, 0.5) is 0 Å². The molecule has 0 bridgehead atoms. The van der Waals surface area contributed by atoms with E-state index in [0.717, 1.165) is 30.1 Å². The van der Waals surface area contributed by atoms with Crippen LogP contribution in [-0.4, -0.2) is 7.11 Å². The van der Waals surface area contributed by atoms with Gasteiger partial charge in [0.05, 0.1) is 6.10 Å². The van der Waals surface area contributed by atoms with Crippen LogP contribution < -0.4 is 0 Å². The van der Waals surface area contributed by atoms with Crippen molar-refractivity contribution < 1.29 is 4.74 Å². The van der Waals surface area contributed by atoms with E-state index in [2.05, 4.69) is 43.8 Å². The zero-order chi connectivity index (χ0) is 20.5. The van der Waals surface area contributed by atoms with Gasteiger partial charge in [-0.2, -0.15) is 0 Å². The Morgan fingerprint density at radius 3 is 2.10 bits per heavy atom. The zero-order valence-electron chi connectivity index (χ0n) is 19.1. The highest BCUT2D eigenvalue weighted by Crippen LogP contribution is 2.42.